The van der Waals surface area contributed by atoms with Gasteiger partial charge in [0.15, 0.2) is 5.82 Å². The summed E-state index contributed by atoms with van der Waals surface area (Å²) in [6.45, 7) is 0. The summed E-state index contributed by atoms with van der Waals surface area (Å²) in [6, 6.07) is 4.62. The number of methoxy groups -OCH3 is 1. The Balaban J connectivity index is 2.23. The second kappa shape index (κ2) is 5.52. The molecule has 0 radical (unpaired) electrons. The predicted octanol–water partition coefficient (Wildman–Crippen LogP) is 2.20. The lowest BCUT2D eigenvalue weighted by molar-refractivity contribution is 0.102. The molecule has 0 fully saturated rings. The Hall–Kier alpha value is -2.70. The van der Waals surface area contributed by atoms with Gasteiger partial charge >= 0.3 is 0 Å². The monoisotopic (exact) mass is 279 g/mol. The van der Waals surface area contributed by atoms with Crippen LogP contribution in [0.4, 0.5) is 20.2 Å². The number of nitrogen functional groups attached to an aromatic ring is 1. The van der Waals surface area contributed by atoms with Crippen LogP contribution in [0.2, 0.25) is 0 Å². The lowest BCUT2D eigenvalue weighted by atomic mass is 10.1. The SMILES string of the molecule is COc1ccc(NC(=O)c2cc(F)cc(N)c2F)cn1. The Labute approximate surface area is 113 Å². The highest BCUT2D eigenvalue weighted by Gasteiger charge is 2.16. The summed E-state index contributed by atoms with van der Waals surface area (Å²) in [5, 5.41) is 2.39. The van der Waals surface area contributed by atoms with E-state index in [1.165, 1.54) is 25.4 Å². The van der Waals surface area contributed by atoms with Crippen LogP contribution < -0.4 is 15.8 Å². The Morgan fingerprint density at radius 3 is 2.70 bits per heavy atom. The molecular weight excluding hydrogens is 268 g/mol. The first-order valence-electron chi connectivity index (χ1n) is 5.57. The first kappa shape index (κ1) is 13.7. The zero-order valence-corrected chi connectivity index (χ0v) is 10.5. The topological polar surface area (TPSA) is 77.2 Å². The largest absolute Gasteiger partial charge is 0.481 e. The number of carbonyl (C=O) groups is 1. The molecule has 7 heteroatoms. The third-order valence-electron chi connectivity index (χ3n) is 2.51. The average Bonchev–Trinajstić information content (AvgIpc) is 2.43. The molecule has 104 valence electrons. The van der Waals surface area contributed by atoms with E-state index in [9.17, 15) is 13.6 Å². The van der Waals surface area contributed by atoms with Crippen LogP contribution in [0.3, 0.4) is 0 Å². The normalized spacial score (nSPS) is 10.2. The highest BCUT2D eigenvalue weighted by atomic mass is 19.1. The number of benzene rings is 1. The Bertz CT molecular complexity index is 645. The molecule has 0 unspecified atom stereocenters. The second-order valence-electron chi connectivity index (χ2n) is 3.90. The van der Waals surface area contributed by atoms with E-state index < -0.39 is 28.8 Å². The maximum atomic E-state index is 13.7. The zero-order chi connectivity index (χ0) is 14.7. The minimum Gasteiger partial charge on any atom is -0.481 e. The second-order valence-corrected chi connectivity index (χ2v) is 3.90. The number of ether oxygens (including phenoxy) is 1. The molecule has 1 heterocycles. The molecule has 0 saturated carbocycles. The number of pyridine rings is 1. The molecule has 0 bridgehead atoms. The third-order valence-corrected chi connectivity index (χ3v) is 2.51. The van der Waals surface area contributed by atoms with Crippen LogP contribution in [0, 0.1) is 11.6 Å². The molecule has 1 amide bonds. The highest BCUT2D eigenvalue weighted by molar-refractivity contribution is 6.04. The van der Waals surface area contributed by atoms with Gasteiger partial charge in [-0.05, 0) is 18.2 Å². The molecule has 5 nitrogen and oxygen atoms in total. The lowest BCUT2D eigenvalue weighted by Gasteiger charge is -2.08. The maximum Gasteiger partial charge on any atom is 0.258 e. The fourth-order valence-electron chi connectivity index (χ4n) is 1.55. The summed E-state index contributed by atoms with van der Waals surface area (Å²) in [6.07, 6.45) is 1.33. The number of aromatic nitrogens is 1. The van der Waals surface area contributed by atoms with E-state index in [1.807, 2.05) is 0 Å². The van der Waals surface area contributed by atoms with Crippen molar-refractivity contribution in [1.29, 1.82) is 0 Å². The number of nitrogens with zero attached hydrogens (tertiary/aromatic N) is 1. The van der Waals surface area contributed by atoms with E-state index in [0.29, 0.717) is 11.6 Å². The van der Waals surface area contributed by atoms with Crippen LogP contribution in [0.5, 0.6) is 5.88 Å². The van der Waals surface area contributed by atoms with Crippen molar-refractivity contribution in [2.45, 2.75) is 0 Å². The molecule has 1 aromatic heterocycles. The van der Waals surface area contributed by atoms with Crippen LogP contribution in [0.1, 0.15) is 10.4 Å². The smallest absolute Gasteiger partial charge is 0.258 e. The molecule has 3 N–H and O–H groups in total. The summed E-state index contributed by atoms with van der Waals surface area (Å²) < 4.78 is 31.7. The highest BCUT2D eigenvalue weighted by Crippen LogP contribution is 2.19. The van der Waals surface area contributed by atoms with E-state index in [0.717, 1.165) is 12.1 Å². The molecule has 2 aromatic rings. The van der Waals surface area contributed by atoms with Crippen molar-refractivity contribution in [2.24, 2.45) is 0 Å². The van der Waals surface area contributed by atoms with Crippen molar-refractivity contribution in [3.8, 4) is 5.88 Å². The summed E-state index contributed by atoms with van der Waals surface area (Å²) >= 11 is 0. The van der Waals surface area contributed by atoms with E-state index in [4.69, 9.17) is 10.5 Å². The van der Waals surface area contributed by atoms with Crippen molar-refractivity contribution in [2.75, 3.05) is 18.2 Å². The molecule has 0 aliphatic heterocycles. The minimum atomic E-state index is -0.967. The number of nitrogens with two attached hydrogens (primary N) is 1. The van der Waals surface area contributed by atoms with Gasteiger partial charge in [-0.3, -0.25) is 4.79 Å². The van der Waals surface area contributed by atoms with Crippen molar-refractivity contribution in [3.63, 3.8) is 0 Å². The fourth-order valence-corrected chi connectivity index (χ4v) is 1.55. The molecule has 1 aromatic carbocycles. The molecule has 0 atom stereocenters. The Morgan fingerprint density at radius 2 is 2.10 bits per heavy atom. The average molecular weight is 279 g/mol. The number of halogens is 2. The number of amides is 1. The number of hydrogen-bond donors (Lipinski definition) is 2. The number of rotatable bonds is 3. The van der Waals surface area contributed by atoms with Gasteiger partial charge in [0, 0.05) is 6.07 Å². The van der Waals surface area contributed by atoms with Crippen molar-refractivity contribution >= 4 is 17.3 Å². The molecule has 0 aliphatic carbocycles. The van der Waals surface area contributed by atoms with Crippen LogP contribution in [-0.4, -0.2) is 18.0 Å². The summed E-state index contributed by atoms with van der Waals surface area (Å²) in [5.41, 5.74) is 4.68. The van der Waals surface area contributed by atoms with Crippen LogP contribution in [0.25, 0.3) is 0 Å². The lowest BCUT2D eigenvalue weighted by Crippen LogP contribution is -2.15. The van der Waals surface area contributed by atoms with E-state index in [1.54, 1.807) is 0 Å². The fraction of sp³-hybridized carbons (Fsp3) is 0.0769. The van der Waals surface area contributed by atoms with Crippen LogP contribution in [-0.2, 0) is 0 Å². The Kier molecular flexibility index (Phi) is 3.79. The quantitative estimate of drug-likeness (QED) is 0.844. The van der Waals surface area contributed by atoms with Crippen molar-refractivity contribution in [3.05, 3.63) is 47.7 Å². The first-order chi connectivity index (χ1) is 9.51. The Morgan fingerprint density at radius 1 is 1.35 bits per heavy atom. The number of nitrogens with one attached hydrogen (secondary N) is 1. The molecule has 0 spiro atoms. The molecule has 2 rings (SSSR count). The van der Waals surface area contributed by atoms with Crippen LogP contribution in [0.15, 0.2) is 30.5 Å². The number of anilines is 2. The maximum absolute atomic E-state index is 13.7. The molecule has 0 saturated heterocycles. The van der Waals surface area contributed by atoms with E-state index in [2.05, 4.69) is 10.3 Å². The predicted molar refractivity (Wildman–Crippen MR) is 69.5 cm³/mol. The van der Waals surface area contributed by atoms with Crippen molar-refractivity contribution < 1.29 is 18.3 Å². The van der Waals surface area contributed by atoms with E-state index in [-0.39, 0.29) is 0 Å². The zero-order valence-electron chi connectivity index (χ0n) is 10.5. The summed E-state index contributed by atoms with van der Waals surface area (Å²) in [5.74, 6) is -2.21. The third kappa shape index (κ3) is 2.82. The van der Waals surface area contributed by atoms with Gasteiger partial charge in [-0.1, -0.05) is 0 Å². The van der Waals surface area contributed by atoms with Gasteiger partial charge in [0.25, 0.3) is 5.91 Å². The standard InChI is InChI=1S/C13H11F2N3O2/c1-20-11-3-2-8(6-17-11)18-13(19)9-4-7(14)5-10(16)12(9)15/h2-6H,16H2,1H3,(H,18,19). The molecule has 0 aliphatic rings. The van der Waals surface area contributed by atoms with Crippen LogP contribution >= 0.6 is 0 Å². The summed E-state index contributed by atoms with van der Waals surface area (Å²) in [7, 11) is 1.45. The van der Waals surface area contributed by atoms with Gasteiger partial charge in [0.2, 0.25) is 5.88 Å². The summed E-state index contributed by atoms with van der Waals surface area (Å²) in [4.78, 5) is 15.7. The minimum absolute atomic E-state index is 0.318. The molecule has 20 heavy (non-hydrogen) atoms. The van der Waals surface area contributed by atoms with Gasteiger partial charge in [0.05, 0.1) is 30.2 Å². The number of hydrogen-bond acceptors (Lipinski definition) is 4. The van der Waals surface area contributed by atoms with Gasteiger partial charge in [0.1, 0.15) is 5.82 Å². The van der Waals surface area contributed by atoms with Gasteiger partial charge in [-0.25, -0.2) is 13.8 Å². The van der Waals surface area contributed by atoms with Crippen molar-refractivity contribution in [1.82, 2.24) is 4.98 Å². The first-order valence-corrected chi connectivity index (χ1v) is 5.57. The number of carbonyl (C=O) groups excluding carboxylic acids is 1. The van der Waals surface area contributed by atoms with Gasteiger partial charge in [-0.2, -0.15) is 0 Å². The van der Waals surface area contributed by atoms with Gasteiger partial charge in [-0.15, -0.1) is 0 Å². The van der Waals surface area contributed by atoms with Gasteiger partial charge < -0.3 is 15.8 Å². The van der Waals surface area contributed by atoms with E-state index >= 15 is 0 Å². The molecular formula is C13H11F2N3O2.